The zero-order valence-corrected chi connectivity index (χ0v) is 13.6. The topological polar surface area (TPSA) is 0 Å². The first-order valence-corrected chi connectivity index (χ1v) is 8.01. The Kier molecular flexibility index (Phi) is 3.71. The van der Waals surface area contributed by atoms with Crippen molar-refractivity contribution in [3.8, 4) is 0 Å². The molecule has 0 unspecified atom stereocenters. The van der Waals surface area contributed by atoms with E-state index in [0.717, 1.165) is 6.42 Å². The van der Waals surface area contributed by atoms with Gasteiger partial charge in [0.25, 0.3) is 0 Å². The van der Waals surface area contributed by atoms with E-state index in [1.165, 1.54) is 46.2 Å². The lowest BCUT2D eigenvalue weighted by atomic mass is 9.91. The molecule has 3 rings (SSSR count). The first kappa shape index (κ1) is 14.1. The van der Waals surface area contributed by atoms with Gasteiger partial charge in [0.15, 0.2) is 0 Å². The molecule has 0 amide bonds. The highest BCUT2D eigenvalue weighted by Gasteiger charge is 2.24. The van der Waals surface area contributed by atoms with Crippen LogP contribution in [0.15, 0.2) is 36.4 Å². The fourth-order valence-electron chi connectivity index (χ4n) is 3.62. The molecule has 1 aliphatic carbocycles. The highest BCUT2D eigenvalue weighted by Crippen LogP contribution is 2.43. The van der Waals surface area contributed by atoms with Crippen LogP contribution in [0, 0.1) is 20.8 Å². The second kappa shape index (κ2) is 5.52. The van der Waals surface area contributed by atoms with Crippen LogP contribution in [-0.4, -0.2) is 0 Å². The number of rotatable bonds is 3. The van der Waals surface area contributed by atoms with Crippen molar-refractivity contribution in [3.63, 3.8) is 0 Å². The van der Waals surface area contributed by atoms with E-state index >= 15 is 0 Å². The molecule has 0 aromatic heterocycles. The van der Waals surface area contributed by atoms with E-state index in [9.17, 15) is 0 Å². The third kappa shape index (κ3) is 2.33. The summed E-state index contributed by atoms with van der Waals surface area (Å²) >= 11 is 0. The lowest BCUT2D eigenvalue weighted by Gasteiger charge is -2.13. The number of fused-ring (bicyclic) bond motifs is 1. The van der Waals surface area contributed by atoms with Crippen LogP contribution in [-0.2, 0) is 6.42 Å². The largest absolute Gasteiger partial charge is 0.0651 e. The number of aryl methyl sites for hydroxylation is 2. The molecule has 0 bridgehead atoms. The van der Waals surface area contributed by atoms with E-state index in [1.807, 2.05) is 0 Å². The lowest BCUT2D eigenvalue weighted by molar-refractivity contribution is 0.974. The second-order valence-corrected chi connectivity index (χ2v) is 6.24. The molecule has 0 nitrogen and oxygen atoms in total. The molecule has 1 aliphatic rings. The third-order valence-corrected chi connectivity index (χ3v) is 4.82. The van der Waals surface area contributed by atoms with Gasteiger partial charge < -0.3 is 0 Å². The van der Waals surface area contributed by atoms with E-state index < -0.39 is 0 Å². The van der Waals surface area contributed by atoms with Gasteiger partial charge >= 0.3 is 0 Å². The van der Waals surface area contributed by atoms with Gasteiger partial charge in [-0.25, -0.2) is 0 Å². The maximum atomic E-state index is 2.30. The molecule has 0 saturated heterocycles. The van der Waals surface area contributed by atoms with Crippen molar-refractivity contribution in [1.29, 1.82) is 0 Å². The molecule has 0 heteroatoms. The molecule has 0 fully saturated rings. The van der Waals surface area contributed by atoms with E-state index in [1.54, 1.807) is 11.1 Å². The minimum absolute atomic E-state index is 1.09. The predicted octanol–water partition coefficient (Wildman–Crippen LogP) is 5.88. The number of benzene rings is 2. The van der Waals surface area contributed by atoms with E-state index in [4.69, 9.17) is 0 Å². The summed E-state index contributed by atoms with van der Waals surface area (Å²) < 4.78 is 0. The number of hydrogen-bond donors (Lipinski definition) is 0. The number of hydrogen-bond acceptors (Lipinski definition) is 0. The van der Waals surface area contributed by atoms with Crippen molar-refractivity contribution < 1.29 is 0 Å². The number of allylic oxidation sites excluding steroid dienone is 2. The van der Waals surface area contributed by atoms with Gasteiger partial charge in [0, 0.05) is 0 Å². The van der Waals surface area contributed by atoms with Crippen LogP contribution in [0.5, 0.6) is 0 Å². The van der Waals surface area contributed by atoms with E-state index in [2.05, 4.69) is 64.1 Å². The van der Waals surface area contributed by atoms with E-state index in [-0.39, 0.29) is 0 Å². The standard InChI is InChI=1S/C21H24/c1-5-8-19-20(18-12-7-9-14(2)16(18)4)13-17-11-6-10-15(3)21(17)19/h6-7,9-12H,5,8,13H2,1-4H3. The van der Waals surface area contributed by atoms with Crippen LogP contribution in [0.1, 0.15) is 53.1 Å². The van der Waals surface area contributed by atoms with Gasteiger partial charge in [0.2, 0.25) is 0 Å². The molecule has 108 valence electrons. The summed E-state index contributed by atoms with van der Waals surface area (Å²) in [6.45, 7) is 9.01. The Morgan fingerprint density at radius 1 is 0.905 bits per heavy atom. The van der Waals surface area contributed by atoms with Crippen molar-refractivity contribution in [3.05, 3.63) is 69.8 Å². The Hall–Kier alpha value is -1.82. The fraction of sp³-hybridized carbons (Fsp3) is 0.333. The van der Waals surface area contributed by atoms with E-state index in [0.29, 0.717) is 0 Å². The van der Waals surface area contributed by atoms with Gasteiger partial charge in [-0.1, -0.05) is 49.7 Å². The van der Waals surface area contributed by atoms with Gasteiger partial charge in [0.05, 0.1) is 0 Å². The van der Waals surface area contributed by atoms with Crippen LogP contribution in [0.3, 0.4) is 0 Å². The van der Waals surface area contributed by atoms with Crippen molar-refractivity contribution in [2.75, 3.05) is 0 Å². The van der Waals surface area contributed by atoms with Crippen LogP contribution in [0.2, 0.25) is 0 Å². The maximum Gasteiger partial charge on any atom is -0.00106 e. The molecule has 0 atom stereocenters. The Morgan fingerprint density at radius 2 is 1.62 bits per heavy atom. The predicted molar refractivity (Wildman–Crippen MR) is 92.5 cm³/mol. The Labute approximate surface area is 128 Å². The Morgan fingerprint density at radius 3 is 2.38 bits per heavy atom. The van der Waals surface area contributed by atoms with Gasteiger partial charge in [-0.05, 0) is 78.1 Å². The van der Waals surface area contributed by atoms with Gasteiger partial charge in [0.1, 0.15) is 0 Å². The highest BCUT2D eigenvalue weighted by molar-refractivity contribution is 5.98. The molecule has 0 saturated carbocycles. The normalized spacial score (nSPS) is 13.7. The van der Waals surface area contributed by atoms with Gasteiger partial charge in [-0.2, -0.15) is 0 Å². The molecule has 0 aliphatic heterocycles. The van der Waals surface area contributed by atoms with Crippen molar-refractivity contribution in [1.82, 2.24) is 0 Å². The van der Waals surface area contributed by atoms with Crippen LogP contribution in [0.4, 0.5) is 0 Å². The molecule has 0 spiro atoms. The average molecular weight is 276 g/mol. The summed E-state index contributed by atoms with van der Waals surface area (Å²) in [6, 6.07) is 13.5. The van der Waals surface area contributed by atoms with Crippen LogP contribution >= 0.6 is 0 Å². The van der Waals surface area contributed by atoms with Crippen LogP contribution < -0.4 is 0 Å². The summed E-state index contributed by atoms with van der Waals surface area (Å²) in [7, 11) is 0. The fourth-order valence-corrected chi connectivity index (χ4v) is 3.62. The molecular formula is C21H24. The minimum Gasteiger partial charge on any atom is -0.0651 e. The maximum absolute atomic E-state index is 2.30. The molecule has 0 radical (unpaired) electrons. The van der Waals surface area contributed by atoms with Crippen molar-refractivity contribution in [2.45, 2.75) is 47.0 Å². The SMILES string of the molecule is CCCC1=C(c2cccc(C)c2C)Cc2cccc(C)c21. The highest BCUT2D eigenvalue weighted by atomic mass is 14.3. The summed E-state index contributed by atoms with van der Waals surface area (Å²) in [5.74, 6) is 0. The smallest absolute Gasteiger partial charge is 0.00106 e. The molecule has 0 heterocycles. The molecule has 2 aromatic rings. The lowest BCUT2D eigenvalue weighted by Crippen LogP contribution is -1.93. The third-order valence-electron chi connectivity index (χ3n) is 4.82. The quantitative estimate of drug-likeness (QED) is 0.656. The zero-order valence-electron chi connectivity index (χ0n) is 13.6. The minimum atomic E-state index is 1.09. The Bertz CT molecular complexity index is 717. The summed E-state index contributed by atoms with van der Waals surface area (Å²) in [5, 5.41) is 0. The molecular weight excluding hydrogens is 252 g/mol. The molecule has 0 N–H and O–H groups in total. The van der Waals surface area contributed by atoms with Gasteiger partial charge in [-0.3, -0.25) is 0 Å². The first-order valence-electron chi connectivity index (χ1n) is 8.01. The summed E-state index contributed by atoms with van der Waals surface area (Å²) in [5.41, 5.74) is 11.9. The first-order chi connectivity index (χ1) is 10.1. The Balaban J connectivity index is 2.21. The van der Waals surface area contributed by atoms with Crippen molar-refractivity contribution >= 4 is 11.1 Å². The summed E-state index contributed by atoms with van der Waals surface area (Å²) in [4.78, 5) is 0. The monoisotopic (exact) mass is 276 g/mol. The van der Waals surface area contributed by atoms with Crippen LogP contribution in [0.25, 0.3) is 11.1 Å². The second-order valence-electron chi connectivity index (χ2n) is 6.24. The average Bonchev–Trinajstić information content (AvgIpc) is 2.82. The molecule has 21 heavy (non-hydrogen) atoms. The van der Waals surface area contributed by atoms with Crippen molar-refractivity contribution in [2.24, 2.45) is 0 Å². The van der Waals surface area contributed by atoms with Gasteiger partial charge in [-0.15, -0.1) is 0 Å². The summed E-state index contributed by atoms with van der Waals surface area (Å²) in [6.07, 6.45) is 3.48. The molecule has 2 aromatic carbocycles. The zero-order chi connectivity index (χ0) is 15.0.